The molecule has 1 unspecified atom stereocenters. The highest BCUT2D eigenvalue weighted by Gasteiger charge is 2.15. The molecule has 5 heteroatoms. The van der Waals surface area contributed by atoms with E-state index in [1.54, 1.807) is 6.07 Å². The van der Waals surface area contributed by atoms with E-state index < -0.39 is 6.09 Å². The second kappa shape index (κ2) is 7.94. The molecule has 0 bridgehead atoms. The third-order valence-electron chi connectivity index (χ3n) is 3.20. The average molecular weight is 366 g/mol. The van der Waals surface area contributed by atoms with Gasteiger partial charge in [-0.2, -0.15) is 0 Å². The predicted octanol–water partition coefficient (Wildman–Crippen LogP) is 4.97. The summed E-state index contributed by atoms with van der Waals surface area (Å²) < 4.78 is 19.3. The van der Waals surface area contributed by atoms with Crippen LogP contribution in [0.2, 0.25) is 0 Å². The summed E-state index contributed by atoms with van der Waals surface area (Å²) in [4.78, 5) is 11.9. The number of carbonyl (C=O) groups excluding carboxylic acids is 1. The van der Waals surface area contributed by atoms with Crippen LogP contribution in [-0.4, -0.2) is 6.09 Å². The Kier molecular flexibility index (Phi) is 5.95. The Balaban J connectivity index is 1.96. The molecular formula is C17H17BrFNO2. The molecule has 0 radical (unpaired) electrons. The first-order valence-corrected chi connectivity index (χ1v) is 7.81. The van der Waals surface area contributed by atoms with Gasteiger partial charge in [0.2, 0.25) is 0 Å². The van der Waals surface area contributed by atoms with Crippen LogP contribution in [0.3, 0.4) is 0 Å². The molecule has 0 heterocycles. The lowest BCUT2D eigenvalue weighted by Crippen LogP contribution is -2.28. The van der Waals surface area contributed by atoms with Crippen molar-refractivity contribution in [2.75, 3.05) is 0 Å². The number of benzene rings is 2. The molecule has 0 aliphatic rings. The number of carbonyl (C=O) groups is 1. The molecule has 116 valence electrons. The fourth-order valence-corrected chi connectivity index (χ4v) is 2.59. The van der Waals surface area contributed by atoms with Gasteiger partial charge in [0.1, 0.15) is 12.4 Å². The molecular weight excluding hydrogens is 349 g/mol. The van der Waals surface area contributed by atoms with E-state index in [0.717, 1.165) is 5.56 Å². The van der Waals surface area contributed by atoms with Crippen LogP contribution in [-0.2, 0) is 11.3 Å². The summed E-state index contributed by atoms with van der Waals surface area (Å²) in [6.07, 6.45) is 0.118. The molecule has 22 heavy (non-hydrogen) atoms. The van der Waals surface area contributed by atoms with Crippen molar-refractivity contribution in [2.24, 2.45) is 0 Å². The molecule has 0 aliphatic carbocycles. The van der Waals surface area contributed by atoms with Gasteiger partial charge in [-0.15, -0.1) is 0 Å². The number of rotatable bonds is 5. The van der Waals surface area contributed by atoms with Crippen molar-refractivity contribution in [1.29, 1.82) is 0 Å². The average Bonchev–Trinajstić information content (AvgIpc) is 2.50. The zero-order chi connectivity index (χ0) is 15.9. The Hall–Kier alpha value is -1.88. The maximum Gasteiger partial charge on any atom is 0.407 e. The van der Waals surface area contributed by atoms with Crippen LogP contribution in [0.4, 0.5) is 9.18 Å². The minimum absolute atomic E-state index is 0.204. The van der Waals surface area contributed by atoms with Gasteiger partial charge >= 0.3 is 6.09 Å². The smallest absolute Gasteiger partial charge is 0.407 e. The van der Waals surface area contributed by atoms with Crippen molar-refractivity contribution in [3.8, 4) is 0 Å². The normalized spacial score (nSPS) is 11.8. The highest BCUT2D eigenvalue weighted by atomic mass is 79.9. The summed E-state index contributed by atoms with van der Waals surface area (Å²) in [5.41, 5.74) is 1.62. The molecule has 2 aromatic rings. The minimum Gasteiger partial charge on any atom is -0.445 e. The number of ether oxygens (including phenoxy) is 1. The van der Waals surface area contributed by atoms with Gasteiger partial charge in [-0.3, -0.25) is 0 Å². The van der Waals surface area contributed by atoms with Crippen LogP contribution >= 0.6 is 15.9 Å². The number of halogens is 2. The van der Waals surface area contributed by atoms with Gasteiger partial charge in [-0.05, 0) is 35.7 Å². The van der Waals surface area contributed by atoms with E-state index in [-0.39, 0.29) is 18.5 Å². The molecule has 2 rings (SSSR count). The second-order valence-electron chi connectivity index (χ2n) is 4.87. The summed E-state index contributed by atoms with van der Waals surface area (Å²) in [5, 5.41) is 2.76. The fraction of sp³-hybridized carbons (Fsp3) is 0.235. The van der Waals surface area contributed by atoms with Gasteiger partial charge in [0, 0.05) is 4.47 Å². The van der Waals surface area contributed by atoms with Crippen LogP contribution in [0.1, 0.15) is 30.5 Å². The van der Waals surface area contributed by atoms with E-state index >= 15 is 0 Å². The van der Waals surface area contributed by atoms with Crippen molar-refractivity contribution in [1.82, 2.24) is 5.32 Å². The van der Waals surface area contributed by atoms with Gasteiger partial charge in [0.25, 0.3) is 0 Å². The summed E-state index contributed by atoms with van der Waals surface area (Å²) in [5.74, 6) is -0.345. The molecule has 0 spiro atoms. The third-order valence-corrected chi connectivity index (χ3v) is 3.66. The Bertz CT molecular complexity index is 614. The zero-order valence-corrected chi connectivity index (χ0v) is 13.8. The van der Waals surface area contributed by atoms with E-state index in [9.17, 15) is 9.18 Å². The number of amides is 1. The number of hydrogen-bond donors (Lipinski definition) is 1. The molecule has 1 amide bonds. The number of alkyl carbamates (subject to hydrolysis) is 1. The first kappa shape index (κ1) is 16.5. The summed E-state index contributed by atoms with van der Waals surface area (Å²) >= 11 is 3.25. The molecule has 0 saturated heterocycles. The minimum atomic E-state index is -0.518. The van der Waals surface area contributed by atoms with E-state index in [4.69, 9.17) is 4.74 Å². The van der Waals surface area contributed by atoms with Crippen LogP contribution in [0.25, 0.3) is 0 Å². The van der Waals surface area contributed by atoms with Crippen molar-refractivity contribution >= 4 is 22.0 Å². The molecule has 2 aromatic carbocycles. The standard InChI is InChI=1S/C17H17BrFNO2/c1-2-16(13-8-14(18)10-15(19)9-13)20-17(21)22-11-12-6-4-3-5-7-12/h3-10,16H,2,11H2,1H3,(H,20,21). The zero-order valence-electron chi connectivity index (χ0n) is 12.2. The Morgan fingerprint density at radius 1 is 1.27 bits per heavy atom. The largest absolute Gasteiger partial charge is 0.445 e. The van der Waals surface area contributed by atoms with Gasteiger partial charge in [0.15, 0.2) is 0 Å². The van der Waals surface area contributed by atoms with E-state index in [1.165, 1.54) is 12.1 Å². The van der Waals surface area contributed by atoms with Crippen molar-refractivity contribution < 1.29 is 13.9 Å². The monoisotopic (exact) mass is 365 g/mol. The van der Waals surface area contributed by atoms with Crippen molar-refractivity contribution in [2.45, 2.75) is 26.0 Å². The maximum atomic E-state index is 13.5. The lowest BCUT2D eigenvalue weighted by molar-refractivity contribution is 0.135. The maximum absolute atomic E-state index is 13.5. The topological polar surface area (TPSA) is 38.3 Å². The Morgan fingerprint density at radius 3 is 2.64 bits per heavy atom. The summed E-state index contributed by atoms with van der Waals surface area (Å²) in [6.45, 7) is 2.12. The van der Waals surface area contributed by atoms with Gasteiger partial charge in [-0.25, -0.2) is 9.18 Å². The molecule has 3 nitrogen and oxygen atoms in total. The number of hydrogen-bond acceptors (Lipinski definition) is 2. The van der Waals surface area contributed by atoms with E-state index in [2.05, 4.69) is 21.2 Å². The fourth-order valence-electron chi connectivity index (χ4n) is 2.10. The molecule has 0 aliphatic heterocycles. The van der Waals surface area contributed by atoms with Gasteiger partial charge < -0.3 is 10.1 Å². The molecule has 0 fully saturated rings. The highest BCUT2D eigenvalue weighted by molar-refractivity contribution is 9.10. The lowest BCUT2D eigenvalue weighted by atomic mass is 10.0. The van der Waals surface area contributed by atoms with E-state index in [0.29, 0.717) is 16.5 Å². The molecule has 1 atom stereocenters. The molecule has 1 N–H and O–H groups in total. The number of nitrogens with one attached hydrogen (secondary N) is 1. The van der Waals surface area contributed by atoms with Crippen LogP contribution in [0, 0.1) is 5.82 Å². The lowest BCUT2D eigenvalue weighted by Gasteiger charge is -2.18. The predicted molar refractivity (Wildman–Crippen MR) is 86.9 cm³/mol. The summed E-state index contributed by atoms with van der Waals surface area (Å²) in [7, 11) is 0. The molecule has 0 saturated carbocycles. The summed E-state index contributed by atoms with van der Waals surface area (Å²) in [6, 6.07) is 13.7. The molecule has 0 aromatic heterocycles. The first-order chi connectivity index (χ1) is 10.6. The first-order valence-electron chi connectivity index (χ1n) is 7.01. The third kappa shape index (κ3) is 4.84. The Morgan fingerprint density at radius 2 is 2.00 bits per heavy atom. The SMILES string of the molecule is CCC(NC(=O)OCc1ccccc1)c1cc(F)cc(Br)c1. The van der Waals surface area contributed by atoms with Gasteiger partial charge in [0.05, 0.1) is 6.04 Å². The van der Waals surface area contributed by atoms with Crippen LogP contribution in [0.15, 0.2) is 53.0 Å². The van der Waals surface area contributed by atoms with Crippen molar-refractivity contribution in [3.05, 3.63) is 69.9 Å². The van der Waals surface area contributed by atoms with Gasteiger partial charge in [-0.1, -0.05) is 53.2 Å². The quantitative estimate of drug-likeness (QED) is 0.812. The van der Waals surface area contributed by atoms with Crippen molar-refractivity contribution in [3.63, 3.8) is 0 Å². The van der Waals surface area contributed by atoms with E-state index in [1.807, 2.05) is 37.3 Å². The second-order valence-corrected chi connectivity index (χ2v) is 5.79. The highest BCUT2D eigenvalue weighted by Crippen LogP contribution is 2.22. The van der Waals surface area contributed by atoms with Crippen LogP contribution in [0.5, 0.6) is 0 Å². The van der Waals surface area contributed by atoms with Crippen LogP contribution < -0.4 is 5.32 Å². The Labute approximate surface area is 137 Å².